The first-order chi connectivity index (χ1) is 22.3. The third-order valence-corrected chi connectivity index (χ3v) is 10.4. The number of nitrogens with one attached hydrogen (secondary N) is 1. The van der Waals surface area contributed by atoms with Crippen LogP contribution in [0, 0.1) is 29.4 Å². The first kappa shape index (κ1) is 29.0. The van der Waals surface area contributed by atoms with Crippen LogP contribution in [0.25, 0.3) is 32.9 Å². The first-order valence-electron chi connectivity index (χ1n) is 15.9. The molecule has 4 aliphatic heterocycles. The van der Waals surface area contributed by atoms with E-state index in [0.717, 1.165) is 32.2 Å². The number of aromatic nitrogens is 3. The fourth-order valence-corrected chi connectivity index (χ4v) is 8.28. The van der Waals surface area contributed by atoms with Crippen molar-refractivity contribution < 1.29 is 22.7 Å². The normalized spacial score (nSPS) is 26.2. The Morgan fingerprint density at radius 1 is 1.13 bits per heavy atom. The maximum absolute atomic E-state index is 16.8. The molecule has 0 saturated carbocycles. The number of rotatable bonds is 5. The number of anilines is 1. The average Bonchev–Trinajstić information content (AvgIpc) is 3.71. The van der Waals surface area contributed by atoms with Gasteiger partial charge in [-0.05, 0) is 43.7 Å². The van der Waals surface area contributed by atoms with E-state index in [4.69, 9.17) is 16.1 Å². The fraction of sp³-hybridized carbons (Fsp3) is 0.429. The van der Waals surface area contributed by atoms with E-state index in [9.17, 15) is 13.6 Å². The molecule has 1 amide bonds. The molecule has 11 heteroatoms. The molecular formula is C35H33F3N6O2. The van der Waals surface area contributed by atoms with Gasteiger partial charge in [0.1, 0.15) is 35.6 Å². The summed E-state index contributed by atoms with van der Waals surface area (Å²) in [6.45, 7) is 3.16. The molecule has 1 spiro atoms. The molecule has 8 nitrogen and oxygen atoms in total. The number of halogens is 3. The Morgan fingerprint density at radius 3 is 2.83 bits per heavy atom. The number of hydrogen-bond acceptors (Lipinski definition) is 7. The summed E-state index contributed by atoms with van der Waals surface area (Å²) in [5.74, 6) is 1.63. The quantitative estimate of drug-likeness (QED) is 0.306. The van der Waals surface area contributed by atoms with Gasteiger partial charge in [0, 0.05) is 61.6 Å². The van der Waals surface area contributed by atoms with Gasteiger partial charge in [-0.15, -0.1) is 6.42 Å². The minimum atomic E-state index is -0.922. The molecule has 2 aromatic carbocycles. The Hall–Kier alpha value is -4.43. The highest BCUT2D eigenvalue weighted by Crippen LogP contribution is 2.43. The lowest BCUT2D eigenvalue weighted by Crippen LogP contribution is -2.45. The molecule has 236 valence electrons. The maximum atomic E-state index is 16.8. The van der Waals surface area contributed by atoms with Crippen LogP contribution in [-0.2, 0) is 4.79 Å². The number of amides is 1. The van der Waals surface area contributed by atoms with Gasteiger partial charge in [-0.3, -0.25) is 14.7 Å². The van der Waals surface area contributed by atoms with Gasteiger partial charge in [-0.2, -0.15) is 9.97 Å². The number of hydrogen-bond donors (Lipinski definition) is 1. The number of nitrogens with zero attached hydrogens (tertiary/aromatic N) is 5. The Labute approximate surface area is 264 Å². The van der Waals surface area contributed by atoms with E-state index < -0.39 is 23.3 Å². The zero-order chi connectivity index (χ0) is 31.6. The van der Waals surface area contributed by atoms with E-state index in [-0.39, 0.29) is 40.7 Å². The van der Waals surface area contributed by atoms with Crippen molar-refractivity contribution in [1.29, 1.82) is 0 Å². The molecule has 1 N–H and O–H groups in total. The molecular weight excluding hydrogens is 593 g/mol. The number of alkyl halides is 1. The molecule has 46 heavy (non-hydrogen) atoms. The van der Waals surface area contributed by atoms with E-state index in [1.165, 1.54) is 6.07 Å². The largest absolute Gasteiger partial charge is 0.461 e. The van der Waals surface area contributed by atoms with Gasteiger partial charge >= 0.3 is 6.01 Å². The number of ether oxygens (including phenoxy) is 1. The topological polar surface area (TPSA) is 83.5 Å². The van der Waals surface area contributed by atoms with Crippen molar-refractivity contribution in [3.8, 4) is 29.6 Å². The second-order valence-corrected chi connectivity index (χ2v) is 13.3. The van der Waals surface area contributed by atoms with Crippen molar-refractivity contribution in [2.45, 2.75) is 50.2 Å². The van der Waals surface area contributed by atoms with Crippen molar-refractivity contribution in [2.75, 3.05) is 44.2 Å². The SMILES string of the molecule is C#Cc1c(F)ccc2cccc(-c3ncc4c(N5CCCC6(CNC(=O)C6)C5)nc(OCC56CCCN5C[C@H](F)C6)nc4c3F)c12. The molecule has 0 radical (unpaired) electrons. The van der Waals surface area contributed by atoms with Crippen molar-refractivity contribution in [1.82, 2.24) is 25.2 Å². The molecule has 8 rings (SSSR count). The standard InChI is InChI=1S/C35H33F3N6O2/c1-2-23-26(37)9-8-21-6-3-7-24(28(21)23)30-29(38)31-25(16-39-30)32(43-12-4-10-34(19-43)15-27(45)40-18-34)42-33(41-31)46-20-35-11-5-13-44(35)17-22(36)14-35/h1,3,6-9,16,22H,4-5,10-15,17-20H2,(H,40,45)/t22-,34?,35?/m1/s1. The number of carbonyl (C=O) groups is 1. The zero-order valence-electron chi connectivity index (χ0n) is 25.3. The summed E-state index contributed by atoms with van der Waals surface area (Å²) in [4.78, 5) is 30.4. The van der Waals surface area contributed by atoms with Crippen LogP contribution in [0.4, 0.5) is 19.0 Å². The van der Waals surface area contributed by atoms with E-state index in [2.05, 4.69) is 31.0 Å². The summed E-state index contributed by atoms with van der Waals surface area (Å²) in [5.41, 5.74) is -0.321. The highest BCUT2D eigenvalue weighted by atomic mass is 19.1. The predicted octanol–water partition coefficient (Wildman–Crippen LogP) is 5.17. The average molecular weight is 627 g/mol. The lowest BCUT2D eigenvalue weighted by atomic mass is 9.79. The van der Waals surface area contributed by atoms with E-state index >= 15 is 4.39 Å². The summed E-state index contributed by atoms with van der Waals surface area (Å²) in [6.07, 6.45) is 10.6. The number of benzene rings is 2. The van der Waals surface area contributed by atoms with Crippen molar-refractivity contribution in [3.63, 3.8) is 0 Å². The number of piperidine rings is 1. The third kappa shape index (κ3) is 4.65. The lowest BCUT2D eigenvalue weighted by molar-refractivity contribution is -0.119. The Morgan fingerprint density at radius 2 is 2.00 bits per heavy atom. The Balaban J connectivity index is 1.26. The third-order valence-electron chi connectivity index (χ3n) is 10.4. The molecule has 4 aromatic rings. The first-order valence-corrected chi connectivity index (χ1v) is 15.9. The number of terminal acetylenes is 1. The smallest absolute Gasteiger partial charge is 0.319 e. The summed E-state index contributed by atoms with van der Waals surface area (Å²) in [5, 5.41) is 4.41. The predicted molar refractivity (Wildman–Crippen MR) is 168 cm³/mol. The van der Waals surface area contributed by atoms with Gasteiger partial charge in [0.25, 0.3) is 0 Å². The van der Waals surface area contributed by atoms with Gasteiger partial charge in [0.2, 0.25) is 5.91 Å². The second-order valence-electron chi connectivity index (χ2n) is 13.3. The lowest BCUT2D eigenvalue weighted by Gasteiger charge is -2.40. The van der Waals surface area contributed by atoms with Gasteiger partial charge < -0.3 is 15.0 Å². The molecule has 4 aliphatic rings. The molecule has 2 aromatic heterocycles. The molecule has 0 bridgehead atoms. The van der Waals surface area contributed by atoms with Crippen LogP contribution in [0.1, 0.15) is 44.1 Å². The minimum Gasteiger partial charge on any atom is -0.461 e. The van der Waals surface area contributed by atoms with Crippen LogP contribution in [0.5, 0.6) is 6.01 Å². The Kier molecular flexibility index (Phi) is 6.83. The van der Waals surface area contributed by atoms with Crippen LogP contribution < -0.4 is 15.0 Å². The van der Waals surface area contributed by atoms with E-state index in [0.29, 0.717) is 66.6 Å². The maximum Gasteiger partial charge on any atom is 0.319 e. The van der Waals surface area contributed by atoms with Gasteiger partial charge in [-0.25, -0.2) is 13.2 Å². The van der Waals surface area contributed by atoms with Crippen LogP contribution >= 0.6 is 0 Å². The molecule has 0 aliphatic carbocycles. The summed E-state index contributed by atoms with van der Waals surface area (Å²) in [6, 6.07) is 8.10. The monoisotopic (exact) mass is 626 g/mol. The van der Waals surface area contributed by atoms with Crippen molar-refractivity contribution in [3.05, 3.63) is 53.7 Å². The summed E-state index contributed by atoms with van der Waals surface area (Å²) in [7, 11) is 0. The van der Waals surface area contributed by atoms with Crippen molar-refractivity contribution >= 4 is 33.4 Å². The highest BCUT2D eigenvalue weighted by Gasteiger charge is 2.49. The van der Waals surface area contributed by atoms with Crippen molar-refractivity contribution in [2.24, 2.45) is 5.41 Å². The second kappa shape index (κ2) is 10.8. The minimum absolute atomic E-state index is 0.00407. The Bertz CT molecular complexity index is 1950. The van der Waals surface area contributed by atoms with Crippen LogP contribution in [-0.4, -0.2) is 76.8 Å². The van der Waals surface area contributed by atoms with Crippen LogP contribution in [0.2, 0.25) is 0 Å². The van der Waals surface area contributed by atoms with E-state index in [1.54, 1.807) is 30.5 Å². The number of pyridine rings is 1. The van der Waals surface area contributed by atoms with E-state index in [1.807, 2.05) is 0 Å². The molecule has 6 heterocycles. The zero-order valence-corrected chi connectivity index (χ0v) is 25.3. The number of carbonyl (C=O) groups excluding carboxylic acids is 1. The van der Waals surface area contributed by atoms with Gasteiger partial charge in [0.05, 0.1) is 16.5 Å². The number of fused-ring (bicyclic) bond motifs is 3. The van der Waals surface area contributed by atoms with Gasteiger partial charge in [0.15, 0.2) is 5.82 Å². The molecule has 2 unspecified atom stereocenters. The molecule has 4 fully saturated rings. The van der Waals surface area contributed by atoms with Crippen LogP contribution in [0.3, 0.4) is 0 Å². The summed E-state index contributed by atoms with van der Waals surface area (Å²) < 4.78 is 52.4. The van der Waals surface area contributed by atoms with Gasteiger partial charge in [-0.1, -0.05) is 30.2 Å². The fourth-order valence-electron chi connectivity index (χ4n) is 8.28. The highest BCUT2D eigenvalue weighted by molar-refractivity contribution is 6.02. The van der Waals surface area contributed by atoms with Crippen LogP contribution in [0.15, 0.2) is 36.5 Å². The molecule has 4 saturated heterocycles. The molecule has 3 atom stereocenters. The summed E-state index contributed by atoms with van der Waals surface area (Å²) >= 11 is 0.